The topological polar surface area (TPSA) is 54.5 Å². The van der Waals surface area contributed by atoms with Crippen LogP contribution >= 0.6 is 0 Å². The third-order valence-electron chi connectivity index (χ3n) is 3.93. The molecule has 0 amide bonds. The molecular formula is C17H29N3O2S. The molecule has 0 aromatic carbocycles. The van der Waals surface area contributed by atoms with Crippen LogP contribution in [0.3, 0.4) is 0 Å². The van der Waals surface area contributed by atoms with Gasteiger partial charge >= 0.3 is 0 Å². The maximum Gasteiger partial charge on any atom is 0.0976 e. The van der Waals surface area contributed by atoms with Crippen LogP contribution in [-0.4, -0.2) is 51.7 Å². The second kappa shape index (κ2) is 8.33. The van der Waals surface area contributed by atoms with Gasteiger partial charge in [0.25, 0.3) is 0 Å². The zero-order chi connectivity index (χ0) is 16.9. The van der Waals surface area contributed by atoms with E-state index in [-0.39, 0.29) is 10.8 Å². The number of aryl methyl sites for hydroxylation is 1. The predicted molar refractivity (Wildman–Crippen MR) is 94.6 cm³/mol. The quantitative estimate of drug-likeness (QED) is 0.863. The Bertz CT molecular complexity index is 508. The van der Waals surface area contributed by atoms with Crippen LogP contribution in [0.15, 0.2) is 18.3 Å². The number of morpholine rings is 1. The monoisotopic (exact) mass is 339 g/mol. The lowest BCUT2D eigenvalue weighted by Crippen LogP contribution is -2.40. The average Bonchev–Trinajstić information content (AvgIpc) is 2.52. The molecule has 2 heterocycles. The fourth-order valence-electron chi connectivity index (χ4n) is 2.39. The van der Waals surface area contributed by atoms with Gasteiger partial charge < -0.3 is 4.74 Å². The van der Waals surface area contributed by atoms with Gasteiger partial charge in [-0.1, -0.05) is 6.07 Å². The number of nitrogens with zero attached hydrogens (tertiary/aromatic N) is 2. The van der Waals surface area contributed by atoms with Crippen LogP contribution in [0.4, 0.5) is 0 Å². The first kappa shape index (κ1) is 18.5. The summed E-state index contributed by atoms with van der Waals surface area (Å²) in [6, 6.07) is 4.09. The fraction of sp³-hybridized carbons (Fsp3) is 0.706. The summed E-state index contributed by atoms with van der Waals surface area (Å²) in [5.41, 5.74) is 2.10. The second-order valence-electron chi connectivity index (χ2n) is 7.05. The molecule has 0 bridgehead atoms. The lowest BCUT2D eigenvalue weighted by atomic mass is 10.1. The molecule has 2 atom stereocenters. The number of nitrogens with one attached hydrogen (secondary N) is 1. The summed E-state index contributed by atoms with van der Waals surface area (Å²) in [5, 5.41) is 0. The van der Waals surface area contributed by atoms with E-state index in [0.29, 0.717) is 0 Å². The molecule has 1 aromatic heterocycles. The van der Waals surface area contributed by atoms with Gasteiger partial charge in [0.05, 0.1) is 40.7 Å². The van der Waals surface area contributed by atoms with E-state index in [1.807, 2.05) is 40.0 Å². The van der Waals surface area contributed by atoms with Crippen LogP contribution in [0, 0.1) is 6.92 Å². The average molecular weight is 340 g/mol. The number of pyridine rings is 1. The van der Waals surface area contributed by atoms with E-state index in [1.165, 1.54) is 0 Å². The van der Waals surface area contributed by atoms with E-state index >= 15 is 0 Å². The first-order valence-electron chi connectivity index (χ1n) is 8.27. The van der Waals surface area contributed by atoms with E-state index in [9.17, 15) is 4.21 Å². The molecule has 23 heavy (non-hydrogen) atoms. The fourth-order valence-corrected chi connectivity index (χ4v) is 3.25. The lowest BCUT2D eigenvalue weighted by molar-refractivity contribution is 0.0364. The van der Waals surface area contributed by atoms with E-state index in [4.69, 9.17) is 4.74 Å². The molecule has 6 heteroatoms. The maximum absolute atomic E-state index is 12.5. The van der Waals surface area contributed by atoms with Crippen molar-refractivity contribution in [3.05, 3.63) is 29.6 Å². The molecule has 1 aromatic rings. The highest BCUT2D eigenvalue weighted by atomic mass is 32.2. The molecule has 1 aliphatic heterocycles. The Morgan fingerprint density at radius 2 is 2.04 bits per heavy atom. The Morgan fingerprint density at radius 3 is 2.61 bits per heavy atom. The van der Waals surface area contributed by atoms with Crippen molar-refractivity contribution in [3.63, 3.8) is 0 Å². The minimum Gasteiger partial charge on any atom is -0.379 e. The molecule has 130 valence electrons. The summed E-state index contributed by atoms with van der Waals surface area (Å²) in [6.07, 6.45) is 2.76. The van der Waals surface area contributed by atoms with Gasteiger partial charge in [0.2, 0.25) is 0 Å². The normalized spacial score (nSPS) is 19.5. The first-order chi connectivity index (χ1) is 10.9. The van der Waals surface area contributed by atoms with Gasteiger partial charge in [-0.05, 0) is 45.7 Å². The van der Waals surface area contributed by atoms with Crippen LogP contribution in [0.2, 0.25) is 0 Å². The highest BCUT2D eigenvalue weighted by Gasteiger charge is 2.25. The summed E-state index contributed by atoms with van der Waals surface area (Å²) in [7, 11) is -1.11. The lowest BCUT2D eigenvalue weighted by Gasteiger charge is -2.29. The van der Waals surface area contributed by atoms with Crippen molar-refractivity contribution in [1.82, 2.24) is 14.6 Å². The molecule has 1 aliphatic rings. The summed E-state index contributed by atoms with van der Waals surface area (Å²) in [4.78, 5) is 6.93. The van der Waals surface area contributed by atoms with Gasteiger partial charge in [-0.25, -0.2) is 8.93 Å². The van der Waals surface area contributed by atoms with Gasteiger partial charge in [0, 0.05) is 25.8 Å². The van der Waals surface area contributed by atoms with Gasteiger partial charge in [-0.2, -0.15) is 0 Å². The van der Waals surface area contributed by atoms with Crippen LogP contribution in [0.25, 0.3) is 0 Å². The summed E-state index contributed by atoms with van der Waals surface area (Å²) >= 11 is 0. The van der Waals surface area contributed by atoms with Gasteiger partial charge in [0.1, 0.15) is 0 Å². The van der Waals surface area contributed by atoms with Crippen molar-refractivity contribution in [2.75, 3.05) is 32.8 Å². The Kier molecular flexibility index (Phi) is 6.71. The van der Waals surface area contributed by atoms with Gasteiger partial charge in [0.15, 0.2) is 0 Å². The minimum atomic E-state index is -1.11. The molecule has 0 aliphatic carbocycles. The molecule has 0 radical (unpaired) electrons. The first-order valence-corrected chi connectivity index (χ1v) is 9.42. The van der Waals surface area contributed by atoms with Gasteiger partial charge in [-0.15, -0.1) is 0 Å². The van der Waals surface area contributed by atoms with Crippen LogP contribution in [0.5, 0.6) is 0 Å². The molecular weight excluding hydrogens is 310 g/mol. The van der Waals surface area contributed by atoms with Crippen LogP contribution in [0.1, 0.15) is 44.5 Å². The molecule has 1 saturated heterocycles. The molecule has 0 saturated carbocycles. The van der Waals surface area contributed by atoms with Gasteiger partial charge in [-0.3, -0.25) is 9.88 Å². The standard InChI is InChI=1S/C17H29N3O2S/c1-14-5-6-15(18-13-14)16(19-23(21)17(2,3)4)7-8-20-9-11-22-12-10-20/h5-6,13,16,19H,7-12H2,1-4H3/t16?,23-/m1/s1. The molecule has 1 unspecified atom stereocenters. The van der Waals surface area contributed by atoms with Crippen molar-refractivity contribution < 1.29 is 8.95 Å². The van der Waals surface area contributed by atoms with E-state index in [2.05, 4.69) is 20.7 Å². The summed E-state index contributed by atoms with van der Waals surface area (Å²) in [5.74, 6) is 0. The van der Waals surface area contributed by atoms with Crippen LogP contribution < -0.4 is 4.72 Å². The van der Waals surface area contributed by atoms with E-state index in [1.54, 1.807) is 0 Å². The number of hydrogen-bond donors (Lipinski definition) is 1. The third kappa shape index (κ3) is 5.95. The highest BCUT2D eigenvalue weighted by molar-refractivity contribution is 7.84. The highest BCUT2D eigenvalue weighted by Crippen LogP contribution is 2.20. The van der Waals surface area contributed by atoms with Crippen molar-refractivity contribution in [1.29, 1.82) is 0 Å². The van der Waals surface area contributed by atoms with Crippen molar-refractivity contribution in [2.45, 2.75) is 44.9 Å². The molecule has 1 fully saturated rings. The maximum atomic E-state index is 12.5. The Hall–Kier alpha value is -0.820. The van der Waals surface area contributed by atoms with Crippen molar-refractivity contribution >= 4 is 11.0 Å². The number of rotatable bonds is 6. The molecule has 2 rings (SSSR count). The zero-order valence-corrected chi connectivity index (χ0v) is 15.5. The zero-order valence-electron chi connectivity index (χ0n) is 14.7. The molecule has 0 spiro atoms. The molecule has 1 N–H and O–H groups in total. The number of hydrogen-bond acceptors (Lipinski definition) is 4. The summed E-state index contributed by atoms with van der Waals surface area (Å²) < 4.78 is 20.9. The predicted octanol–water partition coefficient (Wildman–Crippen LogP) is 2.21. The third-order valence-corrected chi connectivity index (χ3v) is 5.55. The minimum absolute atomic E-state index is 0.00139. The van der Waals surface area contributed by atoms with E-state index < -0.39 is 11.0 Å². The van der Waals surface area contributed by atoms with E-state index in [0.717, 1.165) is 50.5 Å². The largest absolute Gasteiger partial charge is 0.379 e. The Labute approximate surface area is 142 Å². The Balaban J connectivity index is 2.04. The summed E-state index contributed by atoms with van der Waals surface area (Å²) in [6.45, 7) is 12.5. The Morgan fingerprint density at radius 1 is 1.35 bits per heavy atom. The number of ether oxygens (including phenoxy) is 1. The SMILES string of the molecule is Cc1ccc(C(CCN2CCOCC2)N[S@](=O)C(C)(C)C)nc1. The smallest absolute Gasteiger partial charge is 0.0976 e. The number of aromatic nitrogens is 1. The van der Waals surface area contributed by atoms with Crippen LogP contribution in [-0.2, 0) is 15.7 Å². The van der Waals surface area contributed by atoms with Crippen molar-refractivity contribution in [2.24, 2.45) is 0 Å². The molecule has 5 nitrogen and oxygen atoms in total. The second-order valence-corrected chi connectivity index (χ2v) is 9.05. The van der Waals surface area contributed by atoms with Crippen molar-refractivity contribution in [3.8, 4) is 0 Å².